The van der Waals surface area contributed by atoms with Crippen molar-refractivity contribution in [3.8, 4) is 0 Å². The second kappa shape index (κ2) is 7.22. The third kappa shape index (κ3) is 5.13. The van der Waals surface area contributed by atoms with Crippen molar-refractivity contribution in [1.82, 2.24) is 9.97 Å². The van der Waals surface area contributed by atoms with Gasteiger partial charge in [0.05, 0.1) is 6.10 Å². The Hall–Kier alpha value is -1.16. The van der Waals surface area contributed by atoms with Crippen LogP contribution in [-0.2, 0) is 11.3 Å². The molecule has 0 saturated carbocycles. The second-order valence-corrected chi connectivity index (χ2v) is 4.27. The smallest absolute Gasteiger partial charge is 0.156 e. The Bertz CT molecular complexity index is 341. The van der Waals surface area contributed by atoms with Gasteiger partial charge in [-0.2, -0.15) is 0 Å². The van der Waals surface area contributed by atoms with Crippen LogP contribution in [0.3, 0.4) is 0 Å². The third-order valence-electron chi connectivity index (χ3n) is 2.53. The van der Waals surface area contributed by atoms with E-state index >= 15 is 0 Å². The SMILES string of the molecule is CCCNc1cc(C)nc(COC(C)CC)n1. The monoisotopic (exact) mass is 237 g/mol. The van der Waals surface area contributed by atoms with Crippen LogP contribution in [-0.4, -0.2) is 22.6 Å². The van der Waals surface area contributed by atoms with Crippen LogP contribution in [0.4, 0.5) is 5.82 Å². The van der Waals surface area contributed by atoms with Gasteiger partial charge in [0.1, 0.15) is 12.4 Å². The summed E-state index contributed by atoms with van der Waals surface area (Å²) in [5, 5.41) is 3.27. The van der Waals surface area contributed by atoms with Crippen LogP contribution >= 0.6 is 0 Å². The fourth-order valence-corrected chi connectivity index (χ4v) is 1.37. The number of aryl methyl sites for hydroxylation is 1. The Morgan fingerprint density at radius 3 is 2.76 bits per heavy atom. The highest BCUT2D eigenvalue weighted by atomic mass is 16.5. The number of hydrogen-bond acceptors (Lipinski definition) is 4. The van der Waals surface area contributed by atoms with Crippen LogP contribution in [0.15, 0.2) is 6.07 Å². The topological polar surface area (TPSA) is 47.0 Å². The van der Waals surface area contributed by atoms with Crippen LogP contribution in [0.2, 0.25) is 0 Å². The molecule has 1 atom stereocenters. The van der Waals surface area contributed by atoms with Gasteiger partial charge < -0.3 is 10.1 Å². The number of nitrogens with zero attached hydrogens (tertiary/aromatic N) is 2. The molecule has 1 N–H and O–H groups in total. The van der Waals surface area contributed by atoms with E-state index in [-0.39, 0.29) is 6.10 Å². The minimum absolute atomic E-state index is 0.256. The van der Waals surface area contributed by atoms with Crippen molar-refractivity contribution in [3.63, 3.8) is 0 Å². The summed E-state index contributed by atoms with van der Waals surface area (Å²) in [5.41, 5.74) is 0.973. The summed E-state index contributed by atoms with van der Waals surface area (Å²) in [6.45, 7) is 9.70. The van der Waals surface area contributed by atoms with Gasteiger partial charge in [-0.3, -0.25) is 0 Å². The van der Waals surface area contributed by atoms with Crippen molar-refractivity contribution in [2.24, 2.45) is 0 Å². The quantitative estimate of drug-likeness (QED) is 0.792. The highest BCUT2D eigenvalue weighted by Gasteiger charge is 2.04. The zero-order valence-corrected chi connectivity index (χ0v) is 11.3. The van der Waals surface area contributed by atoms with Crippen molar-refractivity contribution in [2.75, 3.05) is 11.9 Å². The summed E-state index contributed by atoms with van der Waals surface area (Å²) in [7, 11) is 0. The molecule has 4 nitrogen and oxygen atoms in total. The van der Waals surface area contributed by atoms with Gasteiger partial charge >= 0.3 is 0 Å². The van der Waals surface area contributed by atoms with Crippen molar-refractivity contribution in [3.05, 3.63) is 17.6 Å². The lowest BCUT2D eigenvalue weighted by Crippen LogP contribution is -2.11. The van der Waals surface area contributed by atoms with Gasteiger partial charge in [-0.1, -0.05) is 13.8 Å². The molecular formula is C13H23N3O. The first-order valence-electron chi connectivity index (χ1n) is 6.35. The summed E-state index contributed by atoms with van der Waals surface area (Å²) >= 11 is 0. The molecule has 0 aromatic carbocycles. The van der Waals surface area contributed by atoms with E-state index in [2.05, 4.69) is 36.1 Å². The highest BCUT2D eigenvalue weighted by molar-refractivity contribution is 5.35. The fraction of sp³-hybridized carbons (Fsp3) is 0.692. The van der Waals surface area contributed by atoms with Crippen LogP contribution in [0.5, 0.6) is 0 Å². The van der Waals surface area contributed by atoms with Crippen LogP contribution in [0.25, 0.3) is 0 Å². The highest BCUT2D eigenvalue weighted by Crippen LogP contribution is 2.08. The number of nitrogens with one attached hydrogen (secondary N) is 1. The first-order chi connectivity index (χ1) is 8.15. The lowest BCUT2D eigenvalue weighted by molar-refractivity contribution is 0.0467. The maximum absolute atomic E-state index is 5.64. The first-order valence-corrected chi connectivity index (χ1v) is 6.35. The Morgan fingerprint density at radius 2 is 2.12 bits per heavy atom. The standard InChI is InChI=1S/C13H23N3O/c1-5-7-14-12-8-10(3)15-13(16-12)9-17-11(4)6-2/h8,11H,5-7,9H2,1-4H3,(H,14,15,16). The molecule has 0 bridgehead atoms. The van der Waals surface area contributed by atoms with Crippen molar-refractivity contribution in [1.29, 1.82) is 0 Å². The Labute approximate surface area is 104 Å². The molecule has 1 unspecified atom stereocenters. The largest absolute Gasteiger partial charge is 0.371 e. The van der Waals surface area contributed by atoms with Gasteiger partial charge in [0, 0.05) is 18.3 Å². The number of ether oxygens (including phenoxy) is 1. The maximum Gasteiger partial charge on any atom is 0.156 e. The van der Waals surface area contributed by atoms with E-state index in [4.69, 9.17) is 4.74 Å². The Balaban J connectivity index is 2.61. The molecule has 1 heterocycles. The lowest BCUT2D eigenvalue weighted by Gasteiger charge is -2.11. The summed E-state index contributed by atoms with van der Waals surface area (Å²) in [6.07, 6.45) is 2.35. The van der Waals surface area contributed by atoms with Gasteiger partial charge in [-0.05, 0) is 26.7 Å². The minimum Gasteiger partial charge on any atom is -0.371 e. The molecule has 0 aliphatic rings. The van der Waals surface area contributed by atoms with Gasteiger partial charge in [0.15, 0.2) is 5.82 Å². The third-order valence-corrected chi connectivity index (χ3v) is 2.53. The molecule has 17 heavy (non-hydrogen) atoms. The van der Waals surface area contributed by atoms with Crippen molar-refractivity contribution >= 4 is 5.82 Å². The molecule has 0 spiro atoms. The first kappa shape index (κ1) is 13.9. The van der Waals surface area contributed by atoms with Crippen LogP contribution < -0.4 is 5.32 Å². The molecule has 0 amide bonds. The minimum atomic E-state index is 0.256. The van der Waals surface area contributed by atoms with E-state index in [1.807, 2.05) is 13.0 Å². The van der Waals surface area contributed by atoms with E-state index in [1.54, 1.807) is 0 Å². The number of aromatic nitrogens is 2. The van der Waals surface area contributed by atoms with Crippen LogP contribution in [0.1, 0.15) is 45.1 Å². The molecule has 96 valence electrons. The van der Waals surface area contributed by atoms with E-state index in [9.17, 15) is 0 Å². The zero-order chi connectivity index (χ0) is 12.7. The molecule has 1 aromatic rings. The number of anilines is 1. The van der Waals surface area contributed by atoms with E-state index < -0.39 is 0 Å². The van der Waals surface area contributed by atoms with Crippen molar-refractivity contribution < 1.29 is 4.74 Å². The van der Waals surface area contributed by atoms with Gasteiger partial charge in [-0.15, -0.1) is 0 Å². The van der Waals surface area contributed by atoms with Crippen LogP contribution in [0, 0.1) is 6.92 Å². The summed E-state index contributed by atoms with van der Waals surface area (Å²) in [6, 6.07) is 1.96. The molecular weight excluding hydrogens is 214 g/mol. The van der Waals surface area contributed by atoms with Gasteiger partial charge in [0.25, 0.3) is 0 Å². The Morgan fingerprint density at radius 1 is 1.35 bits per heavy atom. The number of rotatable bonds is 7. The average molecular weight is 237 g/mol. The zero-order valence-electron chi connectivity index (χ0n) is 11.3. The van der Waals surface area contributed by atoms with E-state index in [0.717, 1.165) is 36.7 Å². The predicted molar refractivity (Wildman–Crippen MR) is 70.1 cm³/mol. The normalized spacial score (nSPS) is 12.5. The molecule has 1 aromatic heterocycles. The van der Waals surface area contributed by atoms with Crippen molar-refractivity contribution in [2.45, 2.75) is 53.2 Å². The van der Waals surface area contributed by atoms with E-state index in [0.29, 0.717) is 6.61 Å². The molecule has 0 radical (unpaired) electrons. The van der Waals surface area contributed by atoms with Gasteiger partial charge in [0.2, 0.25) is 0 Å². The molecule has 0 aliphatic heterocycles. The summed E-state index contributed by atoms with van der Waals surface area (Å²) in [5.74, 6) is 1.64. The molecule has 0 fully saturated rings. The lowest BCUT2D eigenvalue weighted by atomic mass is 10.3. The fourth-order valence-electron chi connectivity index (χ4n) is 1.37. The number of hydrogen-bond donors (Lipinski definition) is 1. The predicted octanol–water partition coefficient (Wildman–Crippen LogP) is 2.92. The summed E-state index contributed by atoms with van der Waals surface area (Å²) in [4.78, 5) is 8.80. The molecule has 4 heteroatoms. The second-order valence-electron chi connectivity index (χ2n) is 4.27. The molecule has 0 saturated heterocycles. The van der Waals surface area contributed by atoms with Gasteiger partial charge in [-0.25, -0.2) is 9.97 Å². The summed E-state index contributed by atoms with van der Waals surface area (Å²) < 4.78 is 5.64. The Kier molecular flexibility index (Phi) is 5.91. The van der Waals surface area contributed by atoms with E-state index in [1.165, 1.54) is 0 Å². The maximum atomic E-state index is 5.64. The molecule has 1 rings (SSSR count). The molecule has 0 aliphatic carbocycles. The average Bonchev–Trinajstić information content (AvgIpc) is 2.32.